The van der Waals surface area contributed by atoms with E-state index in [1.165, 1.54) is 6.07 Å². The van der Waals surface area contributed by atoms with Crippen molar-refractivity contribution in [3.05, 3.63) is 64.7 Å². The molecule has 0 spiro atoms. The minimum atomic E-state index is -0.376. The molecule has 3 saturated heterocycles. The van der Waals surface area contributed by atoms with Crippen LogP contribution in [0.15, 0.2) is 42.7 Å². The fourth-order valence-electron chi connectivity index (χ4n) is 4.09. The van der Waals surface area contributed by atoms with Gasteiger partial charge in [0.05, 0.1) is 5.02 Å². The van der Waals surface area contributed by atoms with Crippen LogP contribution in [0.5, 0.6) is 0 Å². The van der Waals surface area contributed by atoms with Gasteiger partial charge in [-0.25, -0.2) is 4.39 Å². The van der Waals surface area contributed by atoms with Crippen LogP contribution in [0, 0.1) is 11.7 Å². The highest BCUT2D eigenvalue weighted by Crippen LogP contribution is 2.30. The van der Waals surface area contributed by atoms with E-state index in [-0.39, 0.29) is 16.7 Å². The van der Waals surface area contributed by atoms with E-state index in [1.54, 1.807) is 30.6 Å². The van der Waals surface area contributed by atoms with Crippen LogP contribution in [0.3, 0.4) is 0 Å². The molecule has 1 aromatic heterocycles. The first-order valence-corrected chi connectivity index (χ1v) is 9.35. The van der Waals surface area contributed by atoms with Gasteiger partial charge in [0.25, 0.3) is 5.91 Å². The molecule has 26 heavy (non-hydrogen) atoms. The van der Waals surface area contributed by atoms with Gasteiger partial charge in [-0.05, 0) is 48.6 Å². The van der Waals surface area contributed by atoms with E-state index in [0.29, 0.717) is 30.6 Å². The first kappa shape index (κ1) is 17.4. The highest BCUT2D eigenvalue weighted by atomic mass is 35.5. The van der Waals surface area contributed by atoms with E-state index >= 15 is 0 Å². The number of amides is 1. The summed E-state index contributed by atoms with van der Waals surface area (Å²) in [7, 11) is 0. The van der Waals surface area contributed by atoms with E-state index in [0.717, 1.165) is 31.5 Å². The molecular weight excluding hydrogens is 353 g/mol. The lowest BCUT2D eigenvalue weighted by molar-refractivity contribution is 0.0736. The van der Waals surface area contributed by atoms with Crippen molar-refractivity contribution in [3.63, 3.8) is 0 Å². The van der Waals surface area contributed by atoms with Crippen molar-refractivity contribution in [3.8, 4) is 0 Å². The topological polar surface area (TPSA) is 36.4 Å². The van der Waals surface area contributed by atoms with E-state index in [9.17, 15) is 9.18 Å². The van der Waals surface area contributed by atoms with Gasteiger partial charge in [0.1, 0.15) is 5.82 Å². The van der Waals surface area contributed by atoms with Crippen LogP contribution in [0.1, 0.15) is 28.8 Å². The summed E-state index contributed by atoms with van der Waals surface area (Å²) in [6, 6.07) is 8.84. The summed E-state index contributed by atoms with van der Waals surface area (Å²) in [6.07, 6.45) is 5.51. The van der Waals surface area contributed by atoms with Crippen LogP contribution >= 0.6 is 11.6 Å². The quantitative estimate of drug-likeness (QED) is 0.824. The Morgan fingerprint density at radius 1 is 1.15 bits per heavy atom. The molecule has 0 aliphatic carbocycles. The Balaban J connectivity index is 1.49. The van der Waals surface area contributed by atoms with Crippen LogP contribution in [-0.2, 0) is 6.54 Å². The fourth-order valence-corrected chi connectivity index (χ4v) is 4.21. The molecule has 4 nitrogen and oxygen atoms in total. The van der Waals surface area contributed by atoms with Gasteiger partial charge in [-0.2, -0.15) is 0 Å². The summed E-state index contributed by atoms with van der Waals surface area (Å²) in [5.41, 5.74) is 1.61. The average molecular weight is 374 g/mol. The Bertz CT molecular complexity index is 801. The van der Waals surface area contributed by atoms with Crippen LogP contribution in [0.25, 0.3) is 0 Å². The third kappa shape index (κ3) is 3.60. The van der Waals surface area contributed by atoms with E-state index in [4.69, 9.17) is 11.6 Å². The average Bonchev–Trinajstić information content (AvgIpc) is 2.97. The summed E-state index contributed by atoms with van der Waals surface area (Å²) in [5, 5.41) is 0.153. The molecule has 3 fully saturated rings. The molecule has 2 atom stereocenters. The predicted octanol–water partition coefficient (Wildman–Crippen LogP) is 3.61. The first-order valence-electron chi connectivity index (χ1n) is 8.97. The van der Waals surface area contributed by atoms with Crippen molar-refractivity contribution in [1.82, 2.24) is 14.8 Å². The molecule has 6 heteroatoms. The number of benzene rings is 1. The lowest BCUT2D eigenvalue weighted by Gasteiger charge is -2.36. The second kappa shape index (κ2) is 7.33. The Hall–Kier alpha value is -1.98. The first-order chi connectivity index (χ1) is 12.6. The zero-order valence-electron chi connectivity index (χ0n) is 14.4. The summed E-state index contributed by atoms with van der Waals surface area (Å²) in [6.45, 7) is 3.12. The fraction of sp³-hybridized carbons (Fsp3) is 0.400. The van der Waals surface area contributed by atoms with Gasteiger partial charge in [0.2, 0.25) is 0 Å². The molecular formula is C20H21ClFN3O. The van der Waals surface area contributed by atoms with Gasteiger partial charge in [-0.3, -0.25) is 14.7 Å². The molecule has 1 amide bonds. The molecule has 3 aliphatic rings. The van der Waals surface area contributed by atoms with Gasteiger partial charge in [0, 0.05) is 50.2 Å². The van der Waals surface area contributed by atoms with Crippen molar-refractivity contribution >= 4 is 17.5 Å². The third-order valence-electron chi connectivity index (χ3n) is 5.41. The standard InChI is InChI=1S/C20H21ClFN3O/c21-18-4-2-14(9-19(18)22)10-24-11-15-1-3-17(24)13-25(12-15)20(26)16-5-7-23-8-6-16/h2,4-9,15,17H,1,3,10-13H2/t15-,17-/m0/s1. The minimum Gasteiger partial charge on any atom is -0.337 e. The second-order valence-corrected chi connectivity index (χ2v) is 7.63. The van der Waals surface area contributed by atoms with Crippen LogP contribution in [-0.4, -0.2) is 46.4 Å². The highest BCUT2D eigenvalue weighted by Gasteiger charge is 2.36. The number of aromatic nitrogens is 1. The van der Waals surface area contributed by atoms with Gasteiger partial charge < -0.3 is 4.90 Å². The molecule has 1 aromatic carbocycles. The number of piperidine rings is 1. The van der Waals surface area contributed by atoms with Crippen molar-refractivity contribution in [2.24, 2.45) is 5.92 Å². The summed E-state index contributed by atoms with van der Waals surface area (Å²) in [5.74, 6) is 0.152. The summed E-state index contributed by atoms with van der Waals surface area (Å²) < 4.78 is 13.7. The lowest BCUT2D eigenvalue weighted by atomic mass is 9.94. The van der Waals surface area contributed by atoms with E-state index in [1.807, 2.05) is 11.0 Å². The Labute approximate surface area is 157 Å². The minimum absolute atomic E-state index is 0.0729. The van der Waals surface area contributed by atoms with Gasteiger partial charge in [-0.15, -0.1) is 0 Å². The predicted molar refractivity (Wildman–Crippen MR) is 98.5 cm³/mol. The van der Waals surface area contributed by atoms with Crippen molar-refractivity contribution in [2.75, 3.05) is 19.6 Å². The molecule has 5 rings (SSSR count). The van der Waals surface area contributed by atoms with Gasteiger partial charge in [-0.1, -0.05) is 17.7 Å². The van der Waals surface area contributed by atoms with Gasteiger partial charge >= 0.3 is 0 Å². The number of carbonyl (C=O) groups excluding carboxylic acids is 1. The Morgan fingerprint density at radius 3 is 2.73 bits per heavy atom. The maximum absolute atomic E-state index is 13.7. The number of hydrogen-bond donors (Lipinski definition) is 0. The lowest BCUT2D eigenvalue weighted by Crippen LogP contribution is -2.43. The molecule has 136 valence electrons. The molecule has 0 saturated carbocycles. The molecule has 0 radical (unpaired) electrons. The van der Waals surface area contributed by atoms with E-state index < -0.39 is 0 Å². The smallest absolute Gasteiger partial charge is 0.254 e. The second-order valence-electron chi connectivity index (χ2n) is 7.22. The highest BCUT2D eigenvalue weighted by molar-refractivity contribution is 6.30. The van der Waals surface area contributed by atoms with Crippen molar-refractivity contribution in [1.29, 1.82) is 0 Å². The number of hydrogen-bond acceptors (Lipinski definition) is 3. The zero-order chi connectivity index (χ0) is 18.1. The monoisotopic (exact) mass is 373 g/mol. The number of carbonyl (C=O) groups is 1. The van der Waals surface area contributed by atoms with Gasteiger partial charge in [0.15, 0.2) is 0 Å². The molecule has 2 aromatic rings. The number of halogens is 2. The van der Waals surface area contributed by atoms with E-state index in [2.05, 4.69) is 9.88 Å². The maximum atomic E-state index is 13.7. The normalized spacial score (nSPS) is 23.1. The number of pyridine rings is 1. The molecule has 0 N–H and O–H groups in total. The van der Waals surface area contributed by atoms with Crippen molar-refractivity contribution < 1.29 is 9.18 Å². The number of rotatable bonds is 3. The number of fused-ring (bicyclic) bond motifs is 4. The summed E-state index contributed by atoms with van der Waals surface area (Å²) >= 11 is 5.79. The van der Waals surface area contributed by atoms with Crippen LogP contribution < -0.4 is 0 Å². The number of nitrogens with zero attached hydrogens (tertiary/aromatic N) is 3. The third-order valence-corrected chi connectivity index (χ3v) is 5.72. The Morgan fingerprint density at radius 2 is 1.96 bits per heavy atom. The molecule has 2 bridgehead atoms. The molecule has 0 unspecified atom stereocenters. The van der Waals surface area contributed by atoms with Crippen molar-refractivity contribution in [2.45, 2.75) is 25.4 Å². The summed E-state index contributed by atoms with van der Waals surface area (Å²) in [4.78, 5) is 21.2. The van der Waals surface area contributed by atoms with Crippen LogP contribution in [0.4, 0.5) is 4.39 Å². The zero-order valence-corrected chi connectivity index (χ0v) is 15.2. The SMILES string of the molecule is O=C(c1ccncc1)N1C[C@H]2CC[C@@H](C1)N(Cc1ccc(Cl)c(F)c1)C2. The Kier molecular flexibility index (Phi) is 4.92. The van der Waals surface area contributed by atoms with Crippen LogP contribution in [0.2, 0.25) is 5.02 Å². The largest absolute Gasteiger partial charge is 0.337 e. The molecule has 3 aliphatic heterocycles. The molecule has 4 heterocycles. The maximum Gasteiger partial charge on any atom is 0.254 e.